The smallest absolute Gasteiger partial charge is 0.123 e. The number of nitrogens with one attached hydrogen (secondary N) is 1. The molecule has 3 heteroatoms. The average Bonchev–Trinajstić information content (AvgIpc) is 2.62. The average molecular weight is 270 g/mol. The summed E-state index contributed by atoms with van der Waals surface area (Å²) in [5, 5.41) is 3.52. The van der Waals surface area contributed by atoms with Crippen LogP contribution < -0.4 is 10.2 Å². The molecule has 1 aliphatic rings. The summed E-state index contributed by atoms with van der Waals surface area (Å²) in [4.78, 5) is 2.37. The Kier molecular flexibility index (Phi) is 3.70. The monoisotopic (exact) mass is 270 g/mol. The Bertz CT molecular complexity index is 580. The highest BCUT2D eigenvalue weighted by Gasteiger charge is 2.18. The van der Waals surface area contributed by atoms with Crippen molar-refractivity contribution in [2.75, 3.05) is 11.4 Å². The largest absolute Gasteiger partial charge is 0.365 e. The van der Waals surface area contributed by atoms with Crippen LogP contribution in [0.4, 0.5) is 10.1 Å². The molecule has 0 spiro atoms. The molecule has 0 radical (unpaired) electrons. The van der Waals surface area contributed by atoms with Crippen molar-refractivity contribution in [1.82, 2.24) is 5.32 Å². The zero-order valence-corrected chi connectivity index (χ0v) is 11.6. The number of hydrogen-bond donors (Lipinski definition) is 1. The van der Waals surface area contributed by atoms with Crippen molar-refractivity contribution in [3.05, 3.63) is 65.5 Å². The van der Waals surface area contributed by atoms with Crippen molar-refractivity contribution in [2.45, 2.75) is 26.1 Å². The van der Waals surface area contributed by atoms with Gasteiger partial charge in [-0.2, -0.15) is 0 Å². The van der Waals surface area contributed by atoms with Gasteiger partial charge in [-0.05, 0) is 36.2 Å². The maximum atomic E-state index is 13.0. The molecule has 1 aliphatic heterocycles. The number of fused-ring (bicyclic) bond motifs is 1. The van der Waals surface area contributed by atoms with E-state index in [2.05, 4.69) is 41.4 Å². The molecule has 2 aromatic rings. The van der Waals surface area contributed by atoms with Gasteiger partial charge in [0.05, 0.1) is 0 Å². The fourth-order valence-corrected chi connectivity index (χ4v) is 2.71. The minimum absolute atomic E-state index is 0.181. The van der Waals surface area contributed by atoms with E-state index in [1.807, 2.05) is 12.1 Å². The van der Waals surface area contributed by atoms with Crippen LogP contribution in [0.2, 0.25) is 0 Å². The molecule has 2 nitrogen and oxygen atoms in total. The zero-order valence-electron chi connectivity index (χ0n) is 11.6. The van der Waals surface area contributed by atoms with Crippen LogP contribution in [-0.2, 0) is 13.1 Å². The number of benzene rings is 2. The van der Waals surface area contributed by atoms with Crippen molar-refractivity contribution in [2.24, 2.45) is 0 Å². The Hall–Kier alpha value is -1.87. The molecule has 104 valence electrons. The Morgan fingerprint density at radius 1 is 1.15 bits per heavy atom. The number of rotatable bonds is 2. The summed E-state index contributed by atoms with van der Waals surface area (Å²) in [6.07, 6.45) is 0. The SMILES string of the molecule is CC1CN(Cc2ccc(F)cc2)c2ccccc2CN1. The number of hydrogen-bond acceptors (Lipinski definition) is 2. The zero-order chi connectivity index (χ0) is 13.9. The van der Waals surface area contributed by atoms with Crippen LogP contribution >= 0.6 is 0 Å². The number of anilines is 1. The second kappa shape index (κ2) is 5.63. The highest BCUT2D eigenvalue weighted by molar-refractivity contribution is 5.55. The molecule has 20 heavy (non-hydrogen) atoms. The summed E-state index contributed by atoms with van der Waals surface area (Å²) in [6.45, 7) is 4.86. The first kappa shape index (κ1) is 13.1. The maximum Gasteiger partial charge on any atom is 0.123 e. The van der Waals surface area contributed by atoms with Gasteiger partial charge in [0.25, 0.3) is 0 Å². The highest BCUT2D eigenvalue weighted by atomic mass is 19.1. The van der Waals surface area contributed by atoms with Gasteiger partial charge in [-0.1, -0.05) is 30.3 Å². The summed E-state index contributed by atoms with van der Waals surface area (Å²) in [6, 6.07) is 15.7. The van der Waals surface area contributed by atoms with E-state index in [0.29, 0.717) is 6.04 Å². The molecule has 0 aliphatic carbocycles. The molecule has 0 saturated heterocycles. The number of nitrogens with zero attached hydrogens (tertiary/aromatic N) is 1. The predicted molar refractivity (Wildman–Crippen MR) is 80.2 cm³/mol. The molecule has 1 heterocycles. The summed E-state index contributed by atoms with van der Waals surface area (Å²) in [5.41, 5.74) is 3.72. The van der Waals surface area contributed by atoms with E-state index in [4.69, 9.17) is 0 Å². The summed E-state index contributed by atoms with van der Waals surface area (Å²) in [5.74, 6) is -0.181. The Labute approximate surface area is 119 Å². The van der Waals surface area contributed by atoms with E-state index in [9.17, 15) is 4.39 Å². The third kappa shape index (κ3) is 2.83. The van der Waals surface area contributed by atoms with Gasteiger partial charge in [0.15, 0.2) is 0 Å². The molecule has 0 bridgehead atoms. The van der Waals surface area contributed by atoms with E-state index >= 15 is 0 Å². The third-order valence-electron chi connectivity index (χ3n) is 3.75. The van der Waals surface area contributed by atoms with Gasteiger partial charge in [-0.15, -0.1) is 0 Å². The second-order valence-corrected chi connectivity index (χ2v) is 5.42. The minimum atomic E-state index is -0.181. The molecule has 1 atom stereocenters. The minimum Gasteiger partial charge on any atom is -0.365 e. The predicted octanol–water partition coefficient (Wildman–Crippen LogP) is 3.32. The van der Waals surface area contributed by atoms with Gasteiger partial charge < -0.3 is 10.2 Å². The van der Waals surface area contributed by atoms with Gasteiger partial charge in [-0.3, -0.25) is 0 Å². The molecule has 1 N–H and O–H groups in total. The molecule has 0 amide bonds. The third-order valence-corrected chi connectivity index (χ3v) is 3.75. The van der Waals surface area contributed by atoms with Gasteiger partial charge >= 0.3 is 0 Å². The Morgan fingerprint density at radius 2 is 1.90 bits per heavy atom. The van der Waals surface area contributed by atoms with Crippen molar-refractivity contribution in [1.29, 1.82) is 0 Å². The van der Waals surface area contributed by atoms with Crippen molar-refractivity contribution in [3.8, 4) is 0 Å². The first-order valence-electron chi connectivity index (χ1n) is 7.03. The maximum absolute atomic E-state index is 13.0. The molecular weight excluding hydrogens is 251 g/mol. The lowest BCUT2D eigenvalue weighted by Crippen LogP contribution is -2.35. The van der Waals surface area contributed by atoms with E-state index in [1.165, 1.54) is 23.4 Å². The summed E-state index contributed by atoms with van der Waals surface area (Å²) in [7, 11) is 0. The topological polar surface area (TPSA) is 15.3 Å². The molecular formula is C17H19FN2. The van der Waals surface area contributed by atoms with Crippen LogP contribution in [0.15, 0.2) is 48.5 Å². The van der Waals surface area contributed by atoms with Gasteiger partial charge in [-0.25, -0.2) is 4.39 Å². The molecule has 2 aromatic carbocycles. The lowest BCUT2D eigenvalue weighted by Gasteiger charge is -2.26. The van der Waals surface area contributed by atoms with Crippen LogP contribution in [-0.4, -0.2) is 12.6 Å². The summed E-state index contributed by atoms with van der Waals surface area (Å²) < 4.78 is 13.0. The van der Waals surface area contributed by atoms with Crippen LogP contribution in [0.5, 0.6) is 0 Å². The molecule has 0 aromatic heterocycles. The van der Waals surface area contributed by atoms with Crippen molar-refractivity contribution < 1.29 is 4.39 Å². The quantitative estimate of drug-likeness (QED) is 0.900. The van der Waals surface area contributed by atoms with Crippen LogP contribution in [0.3, 0.4) is 0 Å². The standard InChI is InChI=1S/C17H19FN2/c1-13-11-20(12-14-6-8-16(18)9-7-14)17-5-3-2-4-15(17)10-19-13/h2-9,13,19H,10-12H2,1H3. The summed E-state index contributed by atoms with van der Waals surface area (Å²) >= 11 is 0. The number of para-hydroxylation sites is 1. The van der Waals surface area contributed by atoms with E-state index in [-0.39, 0.29) is 5.82 Å². The van der Waals surface area contributed by atoms with Crippen LogP contribution in [0, 0.1) is 5.82 Å². The first-order chi connectivity index (χ1) is 9.72. The van der Waals surface area contributed by atoms with Crippen molar-refractivity contribution in [3.63, 3.8) is 0 Å². The second-order valence-electron chi connectivity index (χ2n) is 5.42. The Balaban J connectivity index is 1.88. The van der Waals surface area contributed by atoms with Crippen LogP contribution in [0.1, 0.15) is 18.1 Å². The van der Waals surface area contributed by atoms with Gasteiger partial charge in [0.1, 0.15) is 5.82 Å². The van der Waals surface area contributed by atoms with Gasteiger partial charge in [0.2, 0.25) is 0 Å². The highest BCUT2D eigenvalue weighted by Crippen LogP contribution is 2.25. The molecule has 0 saturated carbocycles. The van der Waals surface area contributed by atoms with Crippen molar-refractivity contribution >= 4 is 5.69 Å². The Morgan fingerprint density at radius 3 is 2.70 bits per heavy atom. The van der Waals surface area contributed by atoms with Gasteiger partial charge in [0, 0.05) is 31.4 Å². The molecule has 1 unspecified atom stereocenters. The van der Waals surface area contributed by atoms with E-state index < -0.39 is 0 Å². The number of halogens is 1. The molecule has 3 rings (SSSR count). The van der Waals surface area contributed by atoms with E-state index in [1.54, 1.807) is 0 Å². The van der Waals surface area contributed by atoms with E-state index in [0.717, 1.165) is 25.2 Å². The fourth-order valence-electron chi connectivity index (χ4n) is 2.71. The molecule has 0 fully saturated rings. The fraction of sp³-hybridized carbons (Fsp3) is 0.294. The van der Waals surface area contributed by atoms with Crippen LogP contribution in [0.25, 0.3) is 0 Å². The normalized spacial score (nSPS) is 18.5. The lowest BCUT2D eigenvalue weighted by atomic mass is 10.1. The first-order valence-corrected chi connectivity index (χ1v) is 7.03. The lowest BCUT2D eigenvalue weighted by molar-refractivity contribution is 0.552.